The summed E-state index contributed by atoms with van der Waals surface area (Å²) >= 11 is 0. The molecule has 0 saturated carbocycles. The fourth-order valence-corrected chi connectivity index (χ4v) is 1.69. The van der Waals surface area contributed by atoms with Crippen LogP contribution in [0.4, 0.5) is 5.69 Å². The van der Waals surface area contributed by atoms with Gasteiger partial charge in [-0.1, -0.05) is 12.1 Å². The molecule has 6 nitrogen and oxygen atoms in total. The largest absolute Gasteiger partial charge is 0.481 e. The second kappa shape index (κ2) is 5.83. The van der Waals surface area contributed by atoms with Crippen LogP contribution >= 0.6 is 0 Å². The van der Waals surface area contributed by atoms with E-state index in [4.69, 9.17) is 5.11 Å². The molecule has 3 N–H and O–H groups in total. The zero-order valence-electron chi connectivity index (χ0n) is 10.4. The molecule has 0 saturated heterocycles. The fraction of sp³-hybridized carbons (Fsp3) is 0.0714. The van der Waals surface area contributed by atoms with Crippen LogP contribution in [0.1, 0.15) is 15.9 Å². The van der Waals surface area contributed by atoms with Crippen molar-refractivity contribution >= 4 is 17.6 Å². The molecule has 1 aromatic heterocycles. The van der Waals surface area contributed by atoms with Gasteiger partial charge in [0.25, 0.3) is 5.91 Å². The Morgan fingerprint density at radius 3 is 2.65 bits per heavy atom. The van der Waals surface area contributed by atoms with E-state index >= 15 is 0 Å². The Labute approximate surface area is 114 Å². The molecule has 6 heteroatoms. The average molecular weight is 272 g/mol. The topological polar surface area (TPSA) is 99.3 Å². The summed E-state index contributed by atoms with van der Waals surface area (Å²) in [6.07, 6.45) is 1.21. The Balaban J connectivity index is 2.13. The van der Waals surface area contributed by atoms with Crippen molar-refractivity contribution < 1.29 is 14.7 Å². The first-order valence-corrected chi connectivity index (χ1v) is 5.85. The number of carbonyl (C=O) groups excluding carboxylic acids is 1. The number of anilines is 1. The van der Waals surface area contributed by atoms with E-state index in [1.165, 1.54) is 18.3 Å². The molecule has 0 aliphatic heterocycles. The highest BCUT2D eigenvalue weighted by Crippen LogP contribution is 2.12. The highest BCUT2D eigenvalue weighted by atomic mass is 16.4. The van der Waals surface area contributed by atoms with Crippen LogP contribution in [0.2, 0.25) is 0 Å². The van der Waals surface area contributed by atoms with E-state index in [1.807, 2.05) is 0 Å². The van der Waals surface area contributed by atoms with Crippen LogP contribution in [-0.2, 0) is 11.2 Å². The van der Waals surface area contributed by atoms with Crippen molar-refractivity contribution in [2.24, 2.45) is 0 Å². The first-order valence-electron chi connectivity index (χ1n) is 5.85. The van der Waals surface area contributed by atoms with Crippen molar-refractivity contribution in [1.82, 2.24) is 4.98 Å². The second-order valence-electron chi connectivity index (χ2n) is 4.17. The molecule has 1 heterocycles. The highest BCUT2D eigenvalue weighted by molar-refractivity contribution is 6.04. The minimum atomic E-state index is -0.936. The van der Waals surface area contributed by atoms with E-state index in [-0.39, 0.29) is 17.9 Å². The van der Waals surface area contributed by atoms with Gasteiger partial charge < -0.3 is 15.4 Å². The monoisotopic (exact) mass is 272 g/mol. The summed E-state index contributed by atoms with van der Waals surface area (Å²) in [5.74, 6) is -1.32. The number of carboxylic acids is 1. The summed E-state index contributed by atoms with van der Waals surface area (Å²) < 4.78 is 0. The molecule has 20 heavy (non-hydrogen) atoms. The van der Waals surface area contributed by atoms with E-state index in [0.29, 0.717) is 16.8 Å². The van der Waals surface area contributed by atoms with Gasteiger partial charge in [-0.3, -0.25) is 14.4 Å². The normalized spacial score (nSPS) is 10.0. The van der Waals surface area contributed by atoms with Crippen LogP contribution in [0.5, 0.6) is 0 Å². The van der Waals surface area contributed by atoms with Gasteiger partial charge in [0.2, 0.25) is 5.56 Å². The lowest BCUT2D eigenvalue weighted by Crippen LogP contribution is -2.14. The van der Waals surface area contributed by atoms with Gasteiger partial charge in [-0.15, -0.1) is 0 Å². The summed E-state index contributed by atoms with van der Waals surface area (Å²) in [7, 11) is 0. The Morgan fingerprint density at radius 1 is 1.20 bits per heavy atom. The lowest BCUT2D eigenvalue weighted by molar-refractivity contribution is -0.136. The third kappa shape index (κ3) is 3.55. The summed E-state index contributed by atoms with van der Waals surface area (Å²) in [6.45, 7) is 0. The van der Waals surface area contributed by atoms with Crippen LogP contribution in [0.25, 0.3) is 0 Å². The number of benzene rings is 1. The van der Waals surface area contributed by atoms with E-state index in [2.05, 4.69) is 10.3 Å². The molecule has 2 rings (SSSR count). The van der Waals surface area contributed by atoms with Crippen molar-refractivity contribution in [3.63, 3.8) is 0 Å². The quantitative estimate of drug-likeness (QED) is 0.780. The number of H-pyrrole nitrogens is 1. The maximum Gasteiger partial charge on any atom is 0.307 e. The van der Waals surface area contributed by atoms with Crippen LogP contribution in [0.15, 0.2) is 47.4 Å². The predicted octanol–water partition coefficient (Wildman–Crippen LogP) is 1.25. The number of aromatic amines is 1. The van der Waals surface area contributed by atoms with Crippen LogP contribution in [0, 0.1) is 0 Å². The second-order valence-corrected chi connectivity index (χ2v) is 4.17. The van der Waals surface area contributed by atoms with Crippen LogP contribution in [0.3, 0.4) is 0 Å². The number of aromatic nitrogens is 1. The first-order chi connectivity index (χ1) is 9.54. The number of carboxylic acid groups (broad SMARTS) is 1. The number of nitrogens with one attached hydrogen (secondary N) is 2. The average Bonchev–Trinajstić information content (AvgIpc) is 2.39. The number of carbonyl (C=O) groups is 2. The van der Waals surface area contributed by atoms with Gasteiger partial charge in [-0.05, 0) is 23.8 Å². The smallest absolute Gasteiger partial charge is 0.307 e. The standard InChI is InChI=1S/C14H12N2O4/c17-12-5-4-10(8-15-12)14(20)16-11-3-1-2-9(6-11)7-13(18)19/h1-6,8H,7H2,(H,15,17)(H,16,20)(H,18,19). The molecule has 0 aliphatic carbocycles. The molecule has 1 aromatic carbocycles. The summed E-state index contributed by atoms with van der Waals surface area (Å²) in [5, 5.41) is 11.4. The van der Waals surface area contributed by atoms with Gasteiger partial charge in [-0.2, -0.15) is 0 Å². The zero-order valence-corrected chi connectivity index (χ0v) is 10.4. The van der Waals surface area contributed by atoms with Gasteiger partial charge in [-0.25, -0.2) is 0 Å². The molecule has 0 unspecified atom stereocenters. The van der Waals surface area contributed by atoms with Gasteiger partial charge in [0.15, 0.2) is 0 Å². The molecule has 0 fully saturated rings. The molecule has 1 amide bonds. The number of pyridine rings is 1. The van der Waals surface area contributed by atoms with E-state index < -0.39 is 5.97 Å². The van der Waals surface area contributed by atoms with Gasteiger partial charge >= 0.3 is 5.97 Å². The third-order valence-electron chi connectivity index (χ3n) is 2.59. The lowest BCUT2D eigenvalue weighted by atomic mass is 10.1. The van der Waals surface area contributed by atoms with E-state index in [0.717, 1.165) is 0 Å². The minimum absolute atomic E-state index is 0.109. The first kappa shape index (κ1) is 13.5. The van der Waals surface area contributed by atoms with Gasteiger partial charge in [0.05, 0.1) is 12.0 Å². The molecule has 0 bridgehead atoms. The molecule has 0 spiro atoms. The molecule has 102 valence electrons. The number of hydrogen-bond acceptors (Lipinski definition) is 3. The SMILES string of the molecule is O=C(O)Cc1cccc(NC(=O)c2ccc(=O)[nH]c2)c1. The maximum atomic E-state index is 11.9. The number of amides is 1. The van der Waals surface area contributed by atoms with E-state index in [1.54, 1.807) is 24.3 Å². The maximum absolute atomic E-state index is 11.9. The summed E-state index contributed by atoms with van der Waals surface area (Å²) in [5.41, 5.74) is 1.12. The van der Waals surface area contributed by atoms with Gasteiger partial charge in [0, 0.05) is 18.0 Å². The lowest BCUT2D eigenvalue weighted by Gasteiger charge is -2.06. The molecular formula is C14H12N2O4. The molecule has 0 radical (unpaired) electrons. The van der Waals surface area contributed by atoms with Gasteiger partial charge in [0.1, 0.15) is 0 Å². The zero-order chi connectivity index (χ0) is 14.5. The fourth-order valence-electron chi connectivity index (χ4n) is 1.69. The van der Waals surface area contributed by atoms with E-state index in [9.17, 15) is 14.4 Å². The Kier molecular flexibility index (Phi) is 3.95. The van der Waals surface area contributed by atoms with Crippen molar-refractivity contribution in [1.29, 1.82) is 0 Å². The molecule has 0 aliphatic rings. The van der Waals surface area contributed by atoms with Crippen molar-refractivity contribution in [2.45, 2.75) is 6.42 Å². The number of aliphatic carboxylic acids is 1. The summed E-state index contributed by atoms with van der Waals surface area (Å²) in [4.78, 5) is 35.9. The Morgan fingerprint density at radius 2 is 2.00 bits per heavy atom. The summed E-state index contributed by atoms with van der Waals surface area (Å²) in [6, 6.07) is 9.27. The molecule has 2 aromatic rings. The highest BCUT2D eigenvalue weighted by Gasteiger charge is 2.07. The minimum Gasteiger partial charge on any atom is -0.481 e. The van der Waals surface area contributed by atoms with Crippen LogP contribution in [-0.4, -0.2) is 22.0 Å². The number of hydrogen-bond donors (Lipinski definition) is 3. The van der Waals surface area contributed by atoms with Crippen LogP contribution < -0.4 is 10.9 Å². The van der Waals surface area contributed by atoms with Crippen molar-refractivity contribution in [3.8, 4) is 0 Å². The Hall–Kier alpha value is -2.89. The number of rotatable bonds is 4. The Bertz CT molecular complexity index is 686. The molecule has 0 atom stereocenters. The van der Waals surface area contributed by atoms with Crippen molar-refractivity contribution in [2.75, 3.05) is 5.32 Å². The predicted molar refractivity (Wildman–Crippen MR) is 72.8 cm³/mol. The third-order valence-corrected chi connectivity index (χ3v) is 2.59. The van der Waals surface area contributed by atoms with Crippen molar-refractivity contribution in [3.05, 3.63) is 64.1 Å². The molecular weight excluding hydrogens is 260 g/mol.